The summed E-state index contributed by atoms with van der Waals surface area (Å²) in [6.45, 7) is 4.09. The molecule has 18 heavy (non-hydrogen) atoms. The molecule has 0 saturated heterocycles. The van der Waals surface area contributed by atoms with Crippen molar-refractivity contribution >= 4 is 11.6 Å². The van der Waals surface area contributed by atoms with Crippen molar-refractivity contribution in [1.29, 1.82) is 0 Å². The Hall–Kier alpha value is -0.600. The standard InChI is InChI=1S/C15H21ClFN/c1-2-18-11-15(7-3-4-8-15)10-12-5-6-13(16)9-14(12)17/h5-6,9,18H,2-4,7-8,10-11H2,1H3. The van der Waals surface area contributed by atoms with E-state index < -0.39 is 0 Å². The van der Waals surface area contributed by atoms with Crippen LogP contribution < -0.4 is 5.32 Å². The lowest BCUT2D eigenvalue weighted by molar-refractivity contribution is 0.277. The van der Waals surface area contributed by atoms with Gasteiger partial charge in [0.1, 0.15) is 5.82 Å². The molecular weight excluding hydrogens is 249 g/mol. The second-order valence-electron chi connectivity index (χ2n) is 5.40. The molecule has 100 valence electrons. The highest BCUT2D eigenvalue weighted by Crippen LogP contribution is 2.41. The van der Waals surface area contributed by atoms with E-state index in [1.807, 2.05) is 6.07 Å². The number of hydrogen-bond donors (Lipinski definition) is 1. The first kappa shape index (κ1) is 13.8. The number of nitrogens with one attached hydrogen (secondary N) is 1. The van der Waals surface area contributed by atoms with Gasteiger partial charge in [-0.25, -0.2) is 4.39 Å². The van der Waals surface area contributed by atoms with Crippen LogP contribution in [0.15, 0.2) is 18.2 Å². The Morgan fingerprint density at radius 3 is 2.67 bits per heavy atom. The van der Waals surface area contributed by atoms with Gasteiger partial charge >= 0.3 is 0 Å². The molecule has 1 aromatic rings. The number of rotatable bonds is 5. The summed E-state index contributed by atoms with van der Waals surface area (Å²) in [7, 11) is 0. The van der Waals surface area contributed by atoms with E-state index in [0.717, 1.165) is 25.1 Å². The zero-order valence-corrected chi connectivity index (χ0v) is 11.7. The molecule has 0 amide bonds. The van der Waals surface area contributed by atoms with Gasteiger partial charge in [0.2, 0.25) is 0 Å². The Kier molecular flexibility index (Phi) is 4.63. The average Bonchev–Trinajstić information content (AvgIpc) is 2.80. The molecule has 1 aliphatic rings. The zero-order chi connectivity index (χ0) is 13.0. The van der Waals surface area contributed by atoms with Crippen molar-refractivity contribution < 1.29 is 4.39 Å². The van der Waals surface area contributed by atoms with Crippen LogP contribution in [0.2, 0.25) is 5.02 Å². The van der Waals surface area contributed by atoms with E-state index in [2.05, 4.69) is 12.2 Å². The Balaban J connectivity index is 2.13. The summed E-state index contributed by atoms with van der Waals surface area (Å²) < 4.78 is 13.9. The topological polar surface area (TPSA) is 12.0 Å². The van der Waals surface area contributed by atoms with Crippen LogP contribution in [0, 0.1) is 11.2 Å². The van der Waals surface area contributed by atoms with Crippen LogP contribution in [0.3, 0.4) is 0 Å². The molecule has 0 aliphatic heterocycles. The van der Waals surface area contributed by atoms with E-state index in [1.165, 1.54) is 31.7 Å². The fraction of sp³-hybridized carbons (Fsp3) is 0.600. The quantitative estimate of drug-likeness (QED) is 0.845. The first-order valence-corrected chi connectivity index (χ1v) is 7.18. The molecule has 0 aromatic heterocycles. The van der Waals surface area contributed by atoms with Gasteiger partial charge in [-0.3, -0.25) is 0 Å². The maximum absolute atomic E-state index is 13.9. The average molecular weight is 270 g/mol. The van der Waals surface area contributed by atoms with Crippen LogP contribution in [-0.4, -0.2) is 13.1 Å². The van der Waals surface area contributed by atoms with Crippen molar-refractivity contribution in [3.05, 3.63) is 34.6 Å². The van der Waals surface area contributed by atoms with Crippen molar-refractivity contribution in [3.8, 4) is 0 Å². The first-order chi connectivity index (χ1) is 8.65. The van der Waals surface area contributed by atoms with Gasteiger partial charge in [-0.05, 0) is 48.9 Å². The summed E-state index contributed by atoms with van der Waals surface area (Å²) in [5, 5.41) is 3.91. The fourth-order valence-electron chi connectivity index (χ4n) is 3.00. The molecule has 3 heteroatoms. The van der Waals surface area contributed by atoms with Crippen molar-refractivity contribution in [2.45, 2.75) is 39.0 Å². The van der Waals surface area contributed by atoms with E-state index in [4.69, 9.17) is 11.6 Å². The lowest BCUT2D eigenvalue weighted by Crippen LogP contribution is -2.34. The highest BCUT2D eigenvalue weighted by atomic mass is 35.5. The van der Waals surface area contributed by atoms with E-state index in [1.54, 1.807) is 6.07 Å². The number of halogens is 2. The van der Waals surface area contributed by atoms with Gasteiger partial charge < -0.3 is 5.32 Å². The predicted molar refractivity (Wildman–Crippen MR) is 74.6 cm³/mol. The Morgan fingerprint density at radius 1 is 1.33 bits per heavy atom. The van der Waals surface area contributed by atoms with Crippen LogP contribution in [0.4, 0.5) is 4.39 Å². The van der Waals surface area contributed by atoms with Crippen molar-refractivity contribution in [3.63, 3.8) is 0 Å². The molecule has 0 heterocycles. The van der Waals surface area contributed by atoms with Gasteiger partial charge in [0.25, 0.3) is 0 Å². The maximum atomic E-state index is 13.9. The van der Waals surface area contributed by atoms with E-state index in [0.29, 0.717) is 5.02 Å². The smallest absolute Gasteiger partial charge is 0.127 e. The molecule has 1 nitrogen and oxygen atoms in total. The maximum Gasteiger partial charge on any atom is 0.127 e. The second-order valence-corrected chi connectivity index (χ2v) is 5.84. The predicted octanol–water partition coefficient (Wildman–Crippen LogP) is 4.19. The van der Waals surface area contributed by atoms with Crippen molar-refractivity contribution in [2.75, 3.05) is 13.1 Å². The van der Waals surface area contributed by atoms with Crippen LogP contribution >= 0.6 is 11.6 Å². The Bertz CT molecular complexity index is 399. The minimum Gasteiger partial charge on any atom is -0.316 e. The molecular formula is C15H21ClFN. The Labute approximate surface area is 114 Å². The molecule has 2 rings (SSSR count). The molecule has 0 atom stereocenters. The van der Waals surface area contributed by atoms with E-state index >= 15 is 0 Å². The summed E-state index contributed by atoms with van der Waals surface area (Å²) >= 11 is 5.80. The normalized spacial score (nSPS) is 18.2. The monoisotopic (exact) mass is 269 g/mol. The first-order valence-electron chi connectivity index (χ1n) is 6.80. The van der Waals surface area contributed by atoms with Gasteiger partial charge in [0.15, 0.2) is 0 Å². The lowest BCUT2D eigenvalue weighted by Gasteiger charge is -2.29. The SMILES string of the molecule is CCNCC1(Cc2ccc(Cl)cc2F)CCCC1. The highest BCUT2D eigenvalue weighted by molar-refractivity contribution is 6.30. The highest BCUT2D eigenvalue weighted by Gasteiger charge is 2.34. The molecule has 1 aliphatic carbocycles. The molecule has 1 N–H and O–H groups in total. The largest absolute Gasteiger partial charge is 0.316 e. The molecule has 1 saturated carbocycles. The summed E-state index contributed by atoms with van der Waals surface area (Å²) in [5.41, 5.74) is 1.05. The molecule has 0 spiro atoms. The summed E-state index contributed by atoms with van der Waals surface area (Å²) in [5.74, 6) is -0.162. The van der Waals surface area contributed by atoms with Crippen molar-refractivity contribution in [2.24, 2.45) is 5.41 Å². The van der Waals surface area contributed by atoms with E-state index in [9.17, 15) is 4.39 Å². The van der Waals surface area contributed by atoms with Gasteiger partial charge in [-0.1, -0.05) is 37.4 Å². The van der Waals surface area contributed by atoms with Crippen LogP contribution in [0.25, 0.3) is 0 Å². The summed E-state index contributed by atoms with van der Waals surface area (Å²) in [4.78, 5) is 0. The molecule has 0 unspecified atom stereocenters. The fourth-order valence-corrected chi connectivity index (χ4v) is 3.16. The van der Waals surface area contributed by atoms with Crippen molar-refractivity contribution in [1.82, 2.24) is 5.32 Å². The number of hydrogen-bond acceptors (Lipinski definition) is 1. The number of benzene rings is 1. The van der Waals surface area contributed by atoms with Crippen LogP contribution in [0.1, 0.15) is 38.2 Å². The van der Waals surface area contributed by atoms with Crippen LogP contribution in [0.5, 0.6) is 0 Å². The third kappa shape index (κ3) is 3.24. The zero-order valence-electron chi connectivity index (χ0n) is 10.9. The Morgan fingerprint density at radius 2 is 2.06 bits per heavy atom. The second kappa shape index (κ2) is 6.03. The molecule has 1 fully saturated rings. The lowest BCUT2D eigenvalue weighted by atomic mass is 9.80. The third-order valence-electron chi connectivity index (χ3n) is 3.99. The van der Waals surface area contributed by atoms with Crippen LogP contribution in [-0.2, 0) is 6.42 Å². The minimum atomic E-state index is -0.162. The van der Waals surface area contributed by atoms with Gasteiger partial charge in [-0.15, -0.1) is 0 Å². The van der Waals surface area contributed by atoms with E-state index in [-0.39, 0.29) is 11.2 Å². The molecule has 1 aromatic carbocycles. The van der Waals surface area contributed by atoms with Gasteiger partial charge in [0.05, 0.1) is 0 Å². The van der Waals surface area contributed by atoms with Gasteiger partial charge in [-0.2, -0.15) is 0 Å². The molecule has 0 radical (unpaired) electrons. The summed E-state index contributed by atoms with van der Waals surface area (Å²) in [6.07, 6.45) is 5.74. The third-order valence-corrected chi connectivity index (χ3v) is 4.23. The summed E-state index contributed by atoms with van der Waals surface area (Å²) in [6, 6.07) is 5.05. The minimum absolute atomic E-state index is 0.162. The molecule has 0 bridgehead atoms. The van der Waals surface area contributed by atoms with Gasteiger partial charge in [0, 0.05) is 11.6 Å².